The topological polar surface area (TPSA) is 45.2 Å². The quantitative estimate of drug-likeness (QED) is 0.901. The van der Waals surface area contributed by atoms with Gasteiger partial charge in [0.1, 0.15) is 11.6 Å². The maximum absolute atomic E-state index is 13.0. The summed E-state index contributed by atoms with van der Waals surface area (Å²) in [6.45, 7) is 1.60. The van der Waals surface area contributed by atoms with Crippen molar-refractivity contribution in [1.82, 2.24) is 9.88 Å². The predicted octanol–water partition coefficient (Wildman–Crippen LogP) is 3.75. The fraction of sp³-hybridized carbons (Fsp3) is 0.400. The summed E-state index contributed by atoms with van der Waals surface area (Å²) in [7, 11) is 1.79. The van der Waals surface area contributed by atoms with E-state index in [1.807, 2.05) is 17.0 Å². The van der Waals surface area contributed by atoms with E-state index < -0.39 is 0 Å². The van der Waals surface area contributed by atoms with Gasteiger partial charge in [-0.3, -0.25) is 4.79 Å². The van der Waals surface area contributed by atoms with Gasteiger partial charge in [0.25, 0.3) is 5.91 Å². The number of amides is 1. The Bertz CT molecular complexity index is 717. The van der Waals surface area contributed by atoms with Crippen LogP contribution in [0.2, 0.25) is 0 Å². The van der Waals surface area contributed by atoms with Gasteiger partial charge in [-0.05, 0) is 61.4 Å². The number of halogens is 1. The number of likely N-dealkylation sites (tertiary alicyclic amines) is 1. The molecule has 0 bridgehead atoms. The number of pyridine rings is 1. The van der Waals surface area contributed by atoms with Crippen LogP contribution in [-0.4, -0.2) is 35.9 Å². The number of hydrogen-bond acceptors (Lipinski definition) is 3. The lowest BCUT2D eigenvalue weighted by molar-refractivity contribution is 0.0668. The van der Waals surface area contributed by atoms with Crippen molar-refractivity contribution in [3.8, 4) is 0 Å². The molecule has 3 rings (SSSR count). The molecule has 2 heterocycles. The van der Waals surface area contributed by atoms with Gasteiger partial charge in [0.2, 0.25) is 0 Å². The Morgan fingerprint density at radius 1 is 1.32 bits per heavy atom. The van der Waals surface area contributed by atoms with Crippen LogP contribution < -0.4 is 5.32 Å². The van der Waals surface area contributed by atoms with Crippen LogP contribution in [-0.2, 0) is 6.42 Å². The van der Waals surface area contributed by atoms with E-state index in [2.05, 4.69) is 10.3 Å². The summed E-state index contributed by atoms with van der Waals surface area (Å²) in [6, 6.07) is 10.3. The molecule has 25 heavy (non-hydrogen) atoms. The van der Waals surface area contributed by atoms with Gasteiger partial charge in [-0.1, -0.05) is 12.1 Å². The molecule has 132 valence electrons. The average molecular weight is 341 g/mol. The van der Waals surface area contributed by atoms with Crippen molar-refractivity contribution in [3.63, 3.8) is 0 Å². The molecule has 0 aliphatic carbocycles. The largest absolute Gasteiger partial charge is 0.373 e. The first kappa shape index (κ1) is 17.4. The highest BCUT2D eigenvalue weighted by atomic mass is 19.1. The summed E-state index contributed by atoms with van der Waals surface area (Å²) in [5.41, 5.74) is 1.83. The number of nitrogens with one attached hydrogen (secondary N) is 1. The first-order valence-corrected chi connectivity index (χ1v) is 8.83. The van der Waals surface area contributed by atoms with Crippen LogP contribution in [0.25, 0.3) is 0 Å². The normalized spacial score (nSPS) is 17.4. The van der Waals surface area contributed by atoms with Crippen molar-refractivity contribution >= 4 is 11.7 Å². The Balaban J connectivity index is 1.58. The van der Waals surface area contributed by atoms with Crippen LogP contribution in [0.1, 0.15) is 35.2 Å². The molecule has 2 aromatic rings. The van der Waals surface area contributed by atoms with Gasteiger partial charge in [-0.2, -0.15) is 0 Å². The summed E-state index contributed by atoms with van der Waals surface area (Å²) in [4.78, 5) is 18.9. The summed E-state index contributed by atoms with van der Waals surface area (Å²) >= 11 is 0. The molecule has 1 aliphatic heterocycles. The summed E-state index contributed by atoms with van der Waals surface area (Å²) in [5.74, 6) is 1.07. The van der Waals surface area contributed by atoms with Crippen molar-refractivity contribution < 1.29 is 9.18 Å². The molecule has 1 fully saturated rings. The van der Waals surface area contributed by atoms with Crippen LogP contribution in [0.4, 0.5) is 10.2 Å². The molecule has 1 aromatic heterocycles. The fourth-order valence-electron chi connectivity index (χ4n) is 3.39. The smallest absolute Gasteiger partial charge is 0.254 e. The van der Waals surface area contributed by atoms with E-state index in [1.165, 1.54) is 12.1 Å². The molecule has 1 aromatic carbocycles. The van der Waals surface area contributed by atoms with E-state index in [1.54, 1.807) is 25.4 Å². The minimum Gasteiger partial charge on any atom is -0.373 e. The number of anilines is 1. The second kappa shape index (κ2) is 8.10. The SMILES string of the molecule is CNc1cc(C(=O)N2CCC[C@@H](CCc3ccc(F)cc3)C2)ccn1. The van der Waals surface area contributed by atoms with Crippen LogP contribution >= 0.6 is 0 Å². The lowest BCUT2D eigenvalue weighted by atomic mass is 9.91. The first-order chi connectivity index (χ1) is 12.2. The minimum atomic E-state index is -0.198. The maximum Gasteiger partial charge on any atom is 0.254 e. The second-order valence-electron chi connectivity index (χ2n) is 6.60. The number of piperidine rings is 1. The fourth-order valence-corrected chi connectivity index (χ4v) is 3.39. The van der Waals surface area contributed by atoms with E-state index in [0.717, 1.165) is 44.3 Å². The lowest BCUT2D eigenvalue weighted by Crippen LogP contribution is -2.40. The van der Waals surface area contributed by atoms with Crippen LogP contribution in [0, 0.1) is 11.7 Å². The van der Waals surface area contributed by atoms with Crippen molar-refractivity contribution in [1.29, 1.82) is 0 Å². The van der Waals surface area contributed by atoms with E-state index in [-0.39, 0.29) is 11.7 Å². The number of hydrogen-bond donors (Lipinski definition) is 1. The maximum atomic E-state index is 13.0. The summed E-state index contributed by atoms with van der Waals surface area (Å²) in [6.07, 6.45) is 5.78. The summed E-state index contributed by atoms with van der Waals surface area (Å²) < 4.78 is 13.0. The number of aryl methyl sites for hydroxylation is 1. The van der Waals surface area contributed by atoms with Gasteiger partial charge in [-0.15, -0.1) is 0 Å². The molecule has 1 amide bonds. The van der Waals surface area contributed by atoms with Gasteiger partial charge in [0.05, 0.1) is 0 Å². The molecule has 5 heteroatoms. The molecule has 1 saturated heterocycles. The first-order valence-electron chi connectivity index (χ1n) is 8.83. The molecule has 0 unspecified atom stereocenters. The Hall–Kier alpha value is -2.43. The molecule has 4 nitrogen and oxygen atoms in total. The predicted molar refractivity (Wildman–Crippen MR) is 97.1 cm³/mol. The average Bonchev–Trinajstić information content (AvgIpc) is 2.67. The molecule has 0 saturated carbocycles. The zero-order valence-corrected chi connectivity index (χ0v) is 14.5. The number of rotatable bonds is 5. The van der Waals surface area contributed by atoms with Crippen LogP contribution in [0.3, 0.4) is 0 Å². The Morgan fingerprint density at radius 2 is 2.12 bits per heavy atom. The number of carbonyl (C=O) groups is 1. The van der Waals surface area contributed by atoms with E-state index in [4.69, 9.17) is 0 Å². The number of aromatic nitrogens is 1. The molecule has 0 radical (unpaired) electrons. The molecular formula is C20H24FN3O. The minimum absolute atomic E-state index is 0.0744. The van der Waals surface area contributed by atoms with Gasteiger partial charge in [0, 0.05) is 31.9 Å². The molecule has 1 N–H and O–H groups in total. The van der Waals surface area contributed by atoms with Crippen molar-refractivity contribution in [3.05, 3.63) is 59.5 Å². The Morgan fingerprint density at radius 3 is 2.88 bits per heavy atom. The third kappa shape index (κ3) is 4.56. The Kier molecular flexibility index (Phi) is 5.64. The Labute approximate surface area is 148 Å². The van der Waals surface area contributed by atoms with E-state index >= 15 is 0 Å². The van der Waals surface area contributed by atoms with Gasteiger partial charge in [0.15, 0.2) is 0 Å². The highest BCUT2D eigenvalue weighted by molar-refractivity contribution is 5.94. The molecule has 1 atom stereocenters. The summed E-state index contributed by atoms with van der Waals surface area (Å²) in [5, 5.41) is 2.97. The number of carbonyl (C=O) groups excluding carboxylic acids is 1. The monoisotopic (exact) mass is 341 g/mol. The van der Waals surface area contributed by atoms with Crippen molar-refractivity contribution in [2.24, 2.45) is 5.92 Å². The zero-order chi connectivity index (χ0) is 17.6. The van der Waals surface area contributed by atoms with Crippen LogP contribution in [0.15, 0.2) is 42.6 Å². The highest BCUT2D eigenvalue weighted by Gasteiger charge is 2.24. The number of benzene rings is 1. The number of nitrogens with zero attached hydrogens (tertiary/aromatic N) is 2. The van der Waals surface area contributed by atoms with Crippen molar-refractivity contribution in [2.45, 2.75) is 25.7 Å². The second-order valence-corrected chi connectivity index (χ2v) is 6.60. The standard InChI is InChI=1S/C20H24FN3O/c1-22-19-13-17(10-11-23-19)20(25)24-12-2-3-16(14-24)5-4-15-6-8-18(21)9-7-15/h6-11,13,16H,2-5,12,14H2,1H3,(H,22,23)/t16-/m0/s1. The van der Waals surface area contributed by atoms with E-state index in [9.17, 15) is 9.18 Å². The highest BCUT2D eigenvalue weighted by Crippen LogP contribution is 2.23. The third-order valence-corrected chi connectivity index (χ3v) is 4.82. The van der Waals surface area contributed by atoms with Crippen LogP contribution in [0.5, 0.6) is 0 Å². The van der Waals surface area contributed by atoms with Crippen molar-refractivity contribution in [2.75, 3.05) is 25.5 Å². The zero-order valence-electron chi connectivity index (χ0n) is 14.5. The van der Waals surface area contributed by atoms with Gasteiger partial charge >= 0.3 is 0 Å². The lowest BCUT2D eigenvalue weighted by Gasteiger charge is -2.33. The third-order valence-electron chi connectivity index (χ3n) is 4.82. The molecule has 1 aliphatic rings. The van der Waals surface area contributed by atoms with E-state index in [0.29, 0.717) is 17.3 Å². The molecular weight excluding hydrogens is 317 g/mol. The van der Waals surface area contributed by atoms with Gasteiger partial charge in [-0.25, -0.2) is 9.37 Å². The van der Waals surface area contributed by atoms with Gasteiger partial charge < -0.3 is 10.2 Å². The molecule has 0 spiro atoms.